The summed E-state index contributed by atoms with van der Waals surface area (Å²) in [6, 6.07) is 12.7. The number of aromatic nitrogens is 1. The van der Waals surface area contributed by atoms with Crippen molar-refractivity contribution in [2.75, 3.05) is 0 Å². The maximum atomic E-state index is 11.8. The second-order valence-electron chi connectivity index (χ2n) is 6.03. The van der Waals surface area contributed by atoms with Crippen molar-refractivity contribution >= 4 is 39.4 Å². The Morgan fingerprint density at radius 2 is 1.88 bits per heavy atom. The first kappa shape index (κ1) is 15.7. The van der Waals surface area contributed by atoms with Crippen LogP contribution in [0, 0.1) is 13.8 Å². The highest BCUT2D eigenvalue weighted by molar-refractivity contribution is 6.31. The number of pyridine rings is 1. The fraction of sp³-hybridized carbons (Fsp3) is 0.100. The number of nitrogens with zero attached hydrogens (tertiary/aromatic N) is 1. The van der Waals surface area contributed by atoms with Crippen LogP contribution in [0.1, 0.15) is 21.5 Å². The highest BCUT2D eigenvalue weighted by Gasteiger charge is 2.19. The van der Waals surface area contributed by atoms with E-state index < -0.39 is 5.97 Å². The summed E-state index contributed by atoms with van der Waals surface area (Å²) >= 11 is 6.10. The van der Waals surface area contributed by atoms with Gasteiger partial charge in [-0.2, -0.15) is 0 Å². The molecule has 0 saturated carbocycles. The molecule has 4 rings (SSSR count). The lowest BCUT2D eigenvalue weighted by Gasteiger charge is -2.09. The molecule has 0 unspecified atom stereocenters. The van der Waals surface area contributed by atoms with Gasteiger partial charge in [-0.05, 0) is 43.7 Å². The van der Waals surface area contributed by atoms with Gasteiger partial charge in [0.1, 0.15) is 11.3 Å². The monoisotopic (exact) mass is 351 g/mol. The Morgan fingerprint density at radius 1 is 1.12 bits per heavy atom. The molecule has 2 heterocycles. The van der Waals surface area contributed by atoms with E-state index in [0.29, 0.717) is 27.4 Å². The molecule has 1 N–H and O–H groups in total. The van der Waals surface area contributed by atoms with Gasteiger partial charge in [-0.25, -0.2) is 9.78 Å². The summed E-state index contributed by atoms with van der Waals surface area (Å²) in [7, 11) is 0. The first-order valence-electron chi connectivity index (χ1n) is 7.78. The molecule has 0 spiro atoms. The molecule has 4 nitrogen and oxygen atoms in total. The van der Waals surface area contributed by atoms with Crippen LogP contribution in [0.4, 0.5) is 0 Å². The Labute approximate surface area is 148 Å². The van der Waals surface area contributed by atoms with Crippen LogP contribution in [0.15, 0.2) is 46.9 Å². The summed E-state index contributed by atoms with van der Waals surface area (Å²) in [5.41, 5.74) is 3.78. The number of furan rings is 1. The van der Waals surface area contributed by atoms with Gasteiger partial charge in [0.2, 0.25) is 0 Å². The molecule has 0 saturated heterocycles. The van der Waals surface area contributed by atoms with E-state index >= 15 is 0 Å². The molecule has 0 atom stereocenters. The third-order valence-electron chi connectivity index (χ3n) is 4.38. The number of fused-ring (bicyclic) bond motifs is 2. The van der Waals surface area contributed by atoms with E-state index in [1.807, 2.05) is 38.1 Å². The van der Waals surface area contributed by atoms with E-state index in [0.717, 1.165) is 22.1 Å². The van der Waals surface area contributed by atoms with E-state index in [1.165, 1.54) is 0 Å². The average Bonchev–Trinajstić information content (AvgIpc) is 2.91. The third kappa shape index (κ3) is 2.46. The van der Waals surface area contributed by atoms with E-state index in [-0.39, 0.29) is 5.56 Å². The molecule has 25 heavy (non-hydrogen) atoms. The summed E-state index contributed by atoms with van der Waals surface area (Å²) < 4.78 is 5.95. The van der Waals surface area contributed by atoms with Crippen LogP contribution in [0.2, 0.25) is 5.02 Å². The van der Waals surface area contributed by atoms with Crippen molar-refractivity contribution in [3.63, 3.8) is 0 Å². The van der Waals surface area contributed by atoms with Crippen LogP contribution in [-0.4, -0.2) is 16.1 Å². The molecular weight excluding hydrogens is 338 g/mol. The number of para-hydroxylation sites is 1. The molecule has 2 aromatic heterocycles. The number of hydrogen-bond acceptors (Lipinski definition) is 3. The molecule has 0 aliphatic carbocycles. The van der Waals surface area contributed by atoms with Gasteiger partial charge in [0.25, 0.3) is 0 Å². The molecule has 4 aromatic rings. The predicted octanol–water partition coefficient (Wildman–Crippen LogP) is 5.62. The van der Waals surface area contributed by atoms with Gasteiger partial charge in [-0.3, -0.25) is 0 Å². The zero-order valence-electron chi connectivity index (χ0n) is 13.6. The minimum atomic E-state index is -1.02. The summed E-state index contributed by atoms with van der Waals surface area (Å²) in [6.45, 7) is 3.81. The van der Waals surface area contributed by atoms with Gasteiger partial charge in [-0.15, -0.1) is 0 Å². The van der Waals surface area contributed by atoms with Gasteiger partial charge in [0.15, 0.2) is 5.76 Å². The highest BCUT2D eigenvalue weighted by Crippen LogP contribution is 2.35. The van der Waals surface area contributed by atoms with Crippen molar-refractivity contribution in [3.8, 4) is 11.5 Å². The lowest BCUT2D eigenvalue weighted by molar-refractivity contribution is 0.0699. The second-order valence-corrected chi connectivity index (χ2v) is 6.47. The Morgan fingerprint density at radius 3 is 2.60 bits per heavy atom. The first-order valence-corrected chi connectivity index (χ1v) is 8.16. The Kier molecular flexibility index (Phi) is 3.51. The summed E-state index contributed by atoms with van der Waals surface area (Å²) in [6.07, 6.45) is 0. The number of aryl methyl sites for hydroxylation is 2. The number of carboxylic acids is 1. The zero-order valence-corrected chi connectivity index (χ0v) is 14.4. The average molecular weight is 352 g/mol. The van der Waals surface area contributed by atoms with Crippen molar-refractivity contribution in [2.45, 2.75) is 13.8 Å². The molecule has 0 aliphatic heterocycles. The lowest BCUT2D eigenvalue weighted by Crippen LogP contribution is -2.01. The van der Waals surface area contributed by atoms with E-state index in [1.54, 1.807) is 18.2 Å². The Balaban J connectivity index is 2.08. The maximum Gasteiger partial charge on any atom is 0.336 e. The summed E-state index contributed by atoms with van der Waals surface area (Å²) in [5.74, 6) is -0.441. The first-order chi connectivity index (χ1) is 12.0. The number of carboxylic acid groups (broad SMARTS) is 1. The standard InChI is InChI=1S/C20H14ClNO3/c1-10-7-12(21)8-14-15(20(23)24)9-16(22-18(10)14)19-11(2)13-5-3-4-6-17(13)25-19/h3-9H,1-2H3,(H,23,24). The molecule has 2 aromatic carbocycles. The minimum absolute atomic E-state index is 0.158. The number of rotatable bonds is 2. The second kappa shape index (κ2) is 5.60. The van der Waals surface area contributed by atoms with Crippen LogP contribution in [0.25, 0.3) is 33.3 Å². The number of hydrogen-bond donors (Lipinski definition) is 1. The molecule has 0 aliphatic rings. The molecule has 0 bridgehead atoms. The minimum Gasteiger partial charge on any atom is -0.478 e. The summed E-state index contributed by atoms with van der Waals surface area (Å²) in [5, 5.41) is 11.6. The molecule has 0 amide bonds. The van der Waals surface area contributed by atoms with Crippen LogP contribution in [0.5, 0.6) is 0 Å². The van der Waals surface area contributed by atoms with Crippen molar-refractivity contribution in [1.82, 2.24) is 4.98 Å². The van der Waals surface area contributed by atoms with Gasteiger partial charge in [-0.1, -0.05) is 29.8 Å². The highest BCUT2D eigenvalue weighted by atomic mass is 35.5. The molecule has 124 valence electrons. The largest absolute Gasteiger partial charge is 0.478 e. The van der Waals surface area contributed by atoms with Crippen LogP contribution in [0.3, 0.4) is 0 Å². The Hall–Kier alpha value is -2.85. The third-order valence-corrected chi connectivity index (χ3v) is 4.59. The fourth-order valence-corrected chi connectivity index (χ4v) is 3.44. The smallest absolute Gasteiger partial charge is 0.336 e. The van der Waals surface area contributed by atoms with Gasteiger partial charge in [0.05, 0.1) is 11.1 Å². The quantitative estimate of drug-likeness (QED) is 0.509. The van der Waals surface area contributed by atoms with Crippen molar-refractivity contribution in [1.29, 1.82) is 0 Å². The molecule has 5 heteroatoms. The van der Waals surface area contributed by atoms with Gasteiger partial charge in [0, 0.05) is 21.4 Å². The normalized spacial score (nSPS) is 11.3. The van der Waals surface area contributed by atoms with Gasteiger partial charge < -0.3 is 9.52 Å². The van der Waals surface area contributed by atoms with Crippen molar-refractivity contribution in [2.24, 2.45) is 0 Å². The van der Waals surface area contributed by atoms with Crippen LogP contribution < -0.4 is 0 Å². The maximum absolute atomic E-state index is 11.8. The van der Waals surface area contributed by atoms with Crippen LogP contribution in [-0.2, 0) is 0 Å². The SMILES string of the molecule is Cc1c(-c2cc(C(=O)O)c3cc(Cl)cc(C)c3n2)oc2ccccc12. The van der Waals surface area contributed by atoms with Crippen molar-refractivity contribution < 1.29 is 14.3 Å². The number of aromatic carboxylic acids is 1. The van der Waals surface area contributed by atoms with E-state index in [4.69, 9.17) is 16.0 Å². The van der Waals surface area contributed by atoms with E-state index in [9.17, 15) is 9.90 Å². The lowest BCUT2D eigenvalue weighted by atomic mass is 10.0. The molecule has 0 radical (unpaired) electrons. The number of halogens is 1. The van der Waals surface area contributed by atoms with Crippen molar-refractivity contribution in [3.05, 3.63) is 64.2 Å². The molecule has 0 fully saturated rings. The fourth-order valence-electron chi connectivity index (χ4n) is 3.17. The Bertz CT molecular complexity index is 1160. The topological polar surface area (TPSA) is 63.3 Å². The van der Waals surface area contributed by atoms with E-state index in [2.05, 4.69) is 4.98 Å². The zero-order chi connectivity index (χ0) is 17.7. The summed E-state index contributed by atoms with van der Waals surface area (Å²) in [4.78, 5) is 16.4. The van der Waals surface area contributed by atoms with Gasteiger partial charge >= 0.3 is 5.97 Å². The number of carbonyl (C=O) groups is 1. The predicted molar refractivity (Wildman–Crippen MR) is 98.4 cm³/mol. The molecular formula is C20H14ClNO3. The van der Waals surface area contributed by atoms with Crippen LogP contribution >= 0.6 is 11.6 Å². The number of benzene rings is 2.